The summed E-state index contributed by atoms with van der Waals surface area (Å²) in [5.74, 6) is 0. The van der Waals surface area contributed by atoms with Crippen LogP contribution in [0.25, 0.3) is 0 Å². The highest BCUT2D eigenvalue weighted by Crippen LogP contribution is 2.13. The number of nitrogens with zero attached hydrogens (tertiary/aromatic N) is 2. The Balaban J connectivity index is -0.000000120. The van der Waals surface area contributed by atoms with Gasteiger partial charge in [-0.1, -0.05) is 55.4 Å². The van der Waals surface area contributed by atoms with Gasteiger partial charge in [-0.25, -0.2) is 0 Å². The zero-order valence-corrected chi connectivity index (χ0v) is 21.6. The fourth-order valence-electron chi connectivity index (χ4n) is 5.14. The Morgan fingerprint density at radius 2 is 0.414 bits per heavy atom. The standard InChI is InChI=1S/2C12H28N.3H2O/c2*1-5-9-13(10-6-2,11-7-3)12-8-4;;;/h2*5-12H2,1-4H3;3*1H2/q2*+1;;;/p-2. The van der Waals surface area contributed by atoms with Gasteiger partial charge in [0, 0.05) is 0 Å². The molecule has 0 spiro atoms. The van der Waals surface area contributed by atoms with Crippen LogP contribution in [-0.4, -0.2) is 77.8 Å². The van der Waals surface area contributed by atoms with Crippen LogP contribution in [0.15, 0.2) is 0 Å². The predicted molar refractivity (Wildman–Crippen MR) is 129 cm³/mol. The van der Waals surface area contributed by atoms with Crippen LogP contribution < -0.4 is 0 Å². The van der Waals surface area contributed by atoms with Crippen molar-refractivity contribution >= 4 is 0 Å². The minimum absolute atomic E-state index is 0. The number of hydrogen-bond acceptors (Lipinski definition) is 2. The molecule has 0 saturated heterocycles. The fourth-order valence-corrected chi connectivity index (χ4v) is 5.14. The Hall–Kier alpha value is -0.200. The average molecular weight is 425 g/mol. The summed E-state index contributed by atoms with van der Waals surface area (Å²) in [7, 11) is 0. The van der Waals surface area contributed by atoms with Crippen LogP contribution in [0, 0.1) is 0 Å². The van der Waals surface area contributed by atoms with Crippen molar-refractivity contribution in [3.63, 3.8) is 0 Å². The van der Waals surface area contributed by atoms with E-state index >= 15 is 0 Å². The van der Waals surface area contributed by atoms with Gasteiger partial charge in [0.2, 0.25) is 0 Å². The monoisotopic (exact) mass is 424 g/mol. The van der Waals surface area contributed by atoms with E-state index in [1.54, 1.807) is 0 Å². The minimum Gasteiger partial charge on any atom is -0.870 e. The molecule has 0 amide bonds. The second-order valence-electron chi connectivity index (χ2n) is 8.47. The van der Waals surface area contributed by atoms with Gasteiger partial charge >= 0.3 is 0 Å². The maximum absolute atomic E-state index is 2.31. The first-order valence-electron chi connectivity index (χ1n) is 12.2. The summed E-state index contributed by atoms with van der Waals surface area (Å²) in [5.41, 5.74) is 0. The van der Waals surface area contributed by atoms with E-state index in [1.165, 1.54) is 113 Å². The number of hydrogen-bond donors (Lipinski definition) is 0. The zero-order chi connectivity index (χ0) is 20.3. The lowest BCUT2D eigenvalue weighted by atomic mass is 10.2. The molecular formula is C24H60N2O3. The molecule has 0 unspecified atom stereocenters. The van der Waals surface area contributed by atoms with E-state index in [2.05, 4.69) is 55.4 Å². The van der Waals surface area contributed by atoms with Gasteiger partial charge in [0.1, 0.15) is 0 Å². The Morgan fingerprint density at radius 1 is 0.310 bits per heavy atom. The first-order valence-corrected chi connectivity index (χ1v) is 12.2. The van der Waals surface area contributed by atoms with Crippen molar-refractivity contribution in [2.24, 2.45) is 0 Å². The third-order valence-corrected chi connectivity index (χ3v) is 5.58. The highest BCUT2D eigenvalue weighted by Gasteiger charge is 2.23. The summed E-state index contributed by atoms with van der Waals surface area (Å²) < 4.78 is 2.75. The van der Waals surface area contributed by atoms with Crippen molar-refractivity contribution in [3.05, 3.63) is 0 Å². The van der Waals surface area contributed by atoms with Crippen molar-refractivity contribution in [2.45, 2.75) is 107 Å². The molecule has 0 atom stereocenters. The minimum atomic E-state index is 0. The molecule has 0 rings (SSSR count). The van der Waals surface area contributed by atoms with E-state index in [-0.39, 0.29) is 16.4 Å². The molecule has 29 heavy (non-hydrogen) atoms. The van der Waals surface area contributed by atoms with Gasteiger partial charge in [-0.15, -0.1) is 0 Å². The van der Waals surface area contributed by atoms with Crippen molar-refractivity contribution in [3.8, 4) is 0 Å². The fraction of sp³-hybridized carbons (Fsp3) is 1.00. The van der Waals surface area contributed by atoms with Gasteiger partial charge in [0.15, 0.2) is 0 Å². The summed E-state index contributed by atoms with van der Waals surface area (Å²) in [6.45, 7) is 29.6. The first-order chi connectivity index (χ1) is 12.5. The van der Waals surface area contributed by atoms with E-state index in [4.69, 9.17) is 0 Å². The van der Waals surface area contributed by atoms with Crippen molar-refractivity contribution < 1.29 is 25.4 Å². The van der Waals surface area contributed by atoms with Gasteiger partial charge in [-0.3, -0.25) is 0 Å². The zero-order valence-electron chi connectivity index (χ0n) is 21.6. The quantitative estimate of drug-likeness (QED) is 0.297. The Morgan fingerprint density at radius 3 is 0.483 bits per heavy atom. The largest absolute Gasteiger partial charge is 0.870 e. The summed E-state index contributed by atoms with van der Waals surface area (Å²) in [6.07, 6.45) is 10.7. The number of quaternary nitrogens is 2. The Bertz CT molecular complexity index is 202. The van der Waals surface area contributed by atoms with Crippen LogP contribution in [-0.2, 0) is 0 Å². The molecule has 5 heteroatoms. The van der Waals surface area contributed by atoms with Crippen LogP contribution in [0.1, 0.15) is 107 Å². The van der Waals surface area contributed by atoms with Gasteiger partial charge in [0.05, 0.1) is 52.4 Å². The van der Waals surface area contributed by atoms with Crippen molar-refractivity contribution in [1.82, 2.24) is 0 Å². The summed E-state index contributed by atoms with van der Waals surface area (Å²) in [5, 5.41) is 0. The van der Waals surface area contributed by atoms with Gasteiger partial charge in [-0.2, -0.15) is 0 Å². The molecule has 0 aliphatic carbocycles. The molecule has 0 aromatic rings. The third kappa shape index (κ3) is 18.3. The molecule has 5 nitrogen and oxygen atoms in total. The first kappa shape index (κ1) is 39.3. The lowest BCUT2D eigenvalue weighted by molar-refractivity contribution is -0.928. The number of rotatable bonds is 16. The van der Waals surface area contributed by atoms with E-state index in [0.717, 1.165) is 0 Å². The highest BCUT2D eigenvalue weighted by atomic mass is 16.0. The predicted octanol–water partition coefficient (Wildman–Crippen LogP) is 5.71. The van der Waals surface area contributed by atoms with Crippen LogP contribution in [0.3, 0.4) is 0 Å². The lowest BCUT2D eigenvalue weighted by Crippen LogP contribution is -2.50. The maximum Gasteiger partial charge on any atom is 0.0783 e. The van der Waals surface area contributed by atoms with Gasteiger partial charge in [0.25, 0.3) is 0 Å². The maximum atomic E-state index is 2.31. The molecule has 0 heterocycles. The smallest absolute Gasteiger partial charge is 0.0783 e. The molecule has 0 aliphatic heterocycles. The second kappa shape index (κ2) is 25.8. The molecular weight excluding hydrogens is 364 g/mol. The SMILES string of the molecule is CCC[N+](CCC)(CCC)CCC.CCC[N+](CCC)(CCC)CCC.O.[OH-].[OH-]. The summed E-state index contributed by atoms with van der Waals surface area (Å²) in [6, 6.07) is 0. The van der Waals surface area contributed by atoms with E-state index < -0.39 is 0 Å². The highest BCUT2D eigenvalue weighted by molar-refractivity contribution is 4.45. The van der Waals surface area contributed by atoms with Crippen LogP contribution in [0.4, 0.5) is 0 Å². The van der Waals surface area contributed by atoms with E-state index in [1.807, 2.05) is 0 Å². The molecule has 0 bridgehead atoms. The normalized spacial score (nSPS) is 10.8. The molecule has 0 radical (unpaired) electrons. The van der Waals surface area contributed by atoms with Crippen LogP contribution >= 0.6 is 0 Å². The van der Waals surface area contributed by atoms with Crippen LogP contribution in [0.2, 0.25) is 0 Å². The van der Waals surface area contributed by atoms with E-state index in [9.17, 15) is 0 Å². The summed E-state index contributed by atoms with van der Waals surface area (Å²) in [4.78, 5) is 0. The van der Waals surface area contributed by atoms with Crippen molar-refractivity contribution in [2.75, 3.05) is 52.4 Å². The topological polar surface area (TPSA) is 91.5 Å². The van der Waals surface area contributed by atoms with Gasteiger partial charge in [-0.05, 0) is 51.4 Å². The van der Waals surface area contributed by atoms with Gasteiger partial charge < -0.3 is 25.4 Å². The molecule has 0 saturated carbocycles. The van der Waals surface area contributed by atoms with Crippen LogP contribution in [0.5, 0.6) is 0 Å². The Labute approximate surface area is 185 Å². The molecule has 0 aromatic heterocycles. The molecule has 0 fully saturated rings. The van der Waals surface area contributed by atoms with E-state index in [0.29, 0.717) is 0 Å². The third-order valence-electron chi connectivity index (χ3n) is 5.58. The molecule has 4 N–H and O–H groups in total. The molecule has 0 aliphatic rings. The average Bonchev–Trinajstić information content (AvgIpc) is 2.57. The summed E-state index contributed by atoms with van der Waals surface area (Å²) >= 11 is 0. The Kier molecular flexibility index (Phi) is 35.0. The van der Waals surface area contributed by atoms with Crippen molar-refractivity contribution in [1.29, 1.82) is 0 Å². The second-order valence-corrected chi connectivity index (χ2v) is 8.47. The lowest BCUT2D eigenvalue weighted by Gasteiger charge is -2.38. The molecule has 0 aromatic carbocycles. The molecule has 184 valence electrons.